The van der Waals surface area contributed by atoms with E-state index in [2.05, 4.69) is 10.4 Å². The number of rotatable bonds is 6. The average Bonchev–Trinajstić information content (AvgIpc) is 2.69. The van der Waals surface area contributed by atoms with Crippen LogP contribution < -0.4 is 10.9 Å². The molecule has 0 radical (unpaired) electrons. The second kappa shape index (κ2) is 8.85. The van der Waals surface area contributed by atoms with Gasteiger partial charge in [-0.1, -0.05) is 67.9 Å². The number of nitrogens with one attached hydrogen (secondary N) is 1. The van der Waals surface area contributed by atoms with Crippen LogP contribution in [-0.4, -0.2) is 15.7 Å². The molecular weight excluding hydrogens is 374 g/mol. The number of hydrogen-bond donors (Lipinski definition) is 1. The van der Waals surface area contributed by atoms with E-state index in [1.165, 1.54) is 16.8 Å². The largest absolute Gasteiger partial charge is 0.344 e. The van der Waals surface area contributed by atoms with Crippen LogP contribution >= 0.6 is 11.6 Å². The lowest BCUT2D eigenvalue weighted by atomic mass is 9.96. The van der Waals surface area contributed by atoms with Gasteiger partial charge in [-0.15, -0.1) is 0 Å². The van der Waals surface area contributed by atoms with Crippen LogP contribution in [0.25, 0.3) is 0 Å². The summed E-state index contributed by atoms with van der Waals surface area (Å²) in [4.78, 5) is 24.9. The molecular formula is C22H22ClN3O2. The topological polar surface area (TPSA) is 64.0 Å². The van der Waals surface area contributed by atoms with Crippen LogP contribution in [0.4, 0.5) is 0 Å². The van der Waals surface area contributed by atoms with E-state index in [0.29, 0.717) is 11.6 Å². The minimum absolute atomic E-state index is 0.167. The number of amides is 1. The fourth-order valence-corrected chi connectivity index (χ4v) is 3.09. The predicted octanol–water partition coefficient (Wildman–Crippen LogP) is 4.07. The van der Waals surface area contributed by atoms with Crippen LogP contribution in [0, 0.1) is 5.92 Å². The van der Waals surface area contributed by atoms with Gasteiger partial charge in [0.15, 0.2) is 0 Å². The molecule has 0 aliphatic carbocycles. The van der Waals surface area contributed by atoms with Gasteiger partial charge in [-0.25, -0.2) is 4.68 Å². The maximum absolute atomic E-state index is 12.8. The Morgan fingerprint density at radius 3 is 2.36 bits per heavy atom. The van der Waals surface area contributed by atoms with E-state index in [4.69, 9.17) is 11.6 Å². The van der Waals surface area contributed by atoms with E-state index in [1.54, 1.807) is 12.1 Å². The number of halogens is 1. The summed E-state index contributed by atoms with van der Waals surface area (Å²) < 4.78 is 1.30. The molecule has 1 unspecified atom stereocenters. The zero-order chi connectivity index (χ0) is 20.1. The number of aromatic nitrogens is 2. The lowest BCUT2D eigenvalue weighted by Crippen LogP contribution is -2.34. The van der Waals surface area contributed by atoms with E-state index in [9.17, 15) is 9.59 Å². The Hall–Kier alpha value is -2.92. The van der Waals surface area contributed by atoms with Crippen LogP contribution in [0.3, 0.4) is 0 Å². The summed E-state index contributed by atoms with van der Waals surface area (Å²) in [6, 6.07) is 19.6. The smallest absolute Gasteiger partial charge is 0.272 e. The molecule has 1 amide bonds. The number of carbonyl (C=O) groups excluding carboxylic acids is 1. The highest BCUT2D eigenvalue weighted by Crippen LogP contribution is 2.23. The van der Waals surface area contributed by atoms with Crippen LogP contribution in [0.2, 0.25) is 5.02 Å². The molecule has 0 saturated carbocycles. The van der Waals surface area contributed by atoms with Crippen LogP contribution in [0.1, 0.15) is 41.5 Å². The summed E-state index contributed by atoms with van der Waals surface area (Å²) in [5.74, 6) is -0.157. The van der Waals surface area contributed by atoms with E-state index in [1.807, 2.05) is 56.3 Å². The Morgan fingerprint density at radius 1 is 1.04 bits per heavy atom. The third-order valence-corrected chi connectivity index (χ3v) is 4.71. The standard InChI is InChI=1S/C22H22ClN3O2/c1-15(2)21(17-8-10-18(23)11-9-17)24-22(28)19-12-13-20(27)26(25-19)14-16-6-4-3-5-7-16/h3-13,15,21H,14H2,1-2H3,(H,24,28). The van der Waals surface area contributed by atoms with Crippen molar-refractivity contribution in [1.29, 1.82) is 0 Å². The van der Waals surface area contributed by atoms with Crippen molar-refractivity contribution in [1.82, 2.24) is 15.1 Å². The van der Waals surface area contributed by atoms with Crippen molar-refractivity contribution in [2.45, 2.75) is 26.4 Å². The van der Waals surface area contributed by atoms with E-state index < -0.39 is 0 Å². The molecule has 28 heavy (non-hydrogen) atoms. The predicted molar refractivity (Wildman–Crippen MR) is 111 cm³/mol. The Morgan fingerprint density at radius 2 is 1.71 bits per heavy atom. The molecule has 6 heteroatoms. The molecule has 0 bridgehead atoms. The van der Waals surface area contributed by atoms with Gasteiger partial charge < -0.3 is 5.32 Å². The van der Waals surface area contributed by atoms with Crippen LogP contribution in [-0.2, 0) is 6.54 Å². The van der Waals surface area contributed by atoms with Crippen molar-refractivity contribution >= 4 is 17.5 Å². The molecule has 1 N–H and O–H groups in total. The maximum atomic E-state index is 12.8. The van der Waals surface area contributed by atoms with Gasteiger partial charge in [0.1, 0.15) is 5.69 Å². The summed E-state index contributed by atoms with van der Waals surface area (Å²) in [5.41, 5.74) is 1.86. The second-order valence-electron chi connectivity index (χ2n) is 6.95. The van der Waals surface area contributed by atoms with Gasteiger partial charge in [0.2, 0.25) is 0 Å². The van der Waals surface area contributed by atoms with Gasteiger partial charge >= 0.3 is 0 Å². The lowest BCUT2D eigenvalue weighted by Gasteiger charge is -2.23. The van der Waals surface area contributed by atoms with Crippen LogP contribution in [0.15, 0.2) is 71.5 Å². The molecule has 0 aliphatic heterocycles. The first-order valence-corrected chi connectivity index (χ1v) is 9.50. The molecule has 0 saturated heterocycles. The fourth-order valence-electron chi connectivity index (χ4n) is 2.96. The molecule has 5 nitrogen and oxygen atoms in total. The normalized spacial score (nSPS) is 12.0. The molecule has 0 fully saturated rings. The Kier molecular flexibility index (Phi) is 6.26. The first-order valence-electron chi connectivity index (χ1n) is 9.12. The molecule has 1 heterocycles. The third kappa shape index (κ3) is 4.87. The zero-order valence-electron chi connectivity index (χ0n) is 15.8. The van der Waals surface area contributed by atoms with Crippen molar-refractivity contribution in [2.24, 2.45) is 5.92 Å². The molecule has 3 rings (SSSR count). The quantitative estimate of drug-likeness (QED) is 0.684. The van der Waals surface area contributed by atoms with Gasteiger partial charge in [-0.2, -0.15) is 5.10 Å². The Balaban J connectivity index is 1.82. The van der Waals surface area contributed by atoms with Gasteiger partial charge in [0, 0.05) is 11.1 Å². The average molecular weight is 396 g/mol. The summed E-state index contributed by atoms with van der Waals surface area (Å²) in [6.45, 7) is 4.37. The number of benzene rings is 2. The molecule has 1 atom stereocenters. The molecule has 0 aliphatic rings. The highest BCUT2D eigenvalue weighted by Gasteiger charge is 2.20. The Bertz CT molecular complexity index is 998. The molecule has 3 aromatic rings. The van der Waals surface area contributed by atoms with Gasteiger partial charge in [-0.3, -0.25) is 9.59 Å². The van der Waals surface area contributed by atoms with Crippen molar-refractivity contribution in [3.8, 4) is 0 Å². The number of nitrogens with zero attached hydrogens (tertiary/aromatic N) is 2. The minimum atomic E-state index is -0.324. The Labute approximate surface area is 169 Å². The van der Waals surface area contributed by atoms with E-state index in [-0.39, 0.29) is 29.1 Å². The first-order chi connectivity index (χ1) is 13.4. The fraction of sp³-hybridized carbons (Fsp3) is 0.227. The van der Waals surface area contributed by atoms with E-state index in [0.717, 1.165) is 11.1 Å². The second-order valence-corrected chi connectivity index (χ2v) is 7.38. The SMILES string of the molecule is CC(C)C(NC(=O)c1ccc(=O)n(Cc2ccccc2)n1)c1ccc(Cl)cc1. The first kappa shape index (κ1) is 19.8. The monoisotopic (exact) mass is 395 g/mol. The van der Waals surface area contributed by atoms with Gasteiger partial charge in [0.05, 0.1) is 12.6 Å². The molecule has 1 aromatic heterocycles. The zero-order valence-corrected chi connectivity index (χ0v) is 16.6. The number of carbonyl (C=O) groups is 1. The molecule has 144 valence electrons. The third-order valence-electron chi connectivity index (χ3n) is 4.46. The van der Waals surface area contributed by atoms with Crippen molar-refractivity contribution in [3.63, 3.8) is 0 Å². The highest BCUT2D eigenvalue weighted by molar-refractivity contribution is 6.30. The van der Waals surface area contributed by atoms with Crippen molar-refractivity contribution in [3.05, 3.63) is 98.9 Å². The number of hydrogen-bond acceptors (Lipinski definition) is 3. The van der Waals surface area contributed by atoms with Crippen molar-refractivity contribution in [2.75, 3.05) is 0 Å². The molecule has 0 spiro atoms. The van der Waals surface area contributed by atoms with Crippen molar-refractivity contribution < 1.29 is 4.79 Å². The van der Waals surface area contributed by atoms with Gasteiger partial charge in [-0.05, 0) is 35.2 Å². The van der Waals surface area contributed by atoms with Gasteiger partial charge in [0.25, 0.3) is 11.5 Å². The summed E-state index contributed by atoms with van der Waals surface area (Å²) in [6.07, 6.45) is 0. The maximum Gasteiger partial charge on any atom is 0.272 e. The summed E-state index contributed by atoms with van der Waals surface area (Å²) >= 11 is 5.97. The lowest BCUT2D eigenvalue weighted by molar-refractivity contribution is 0.0918. The minimum Gasteiger partial charge on any atom is -0.344 e. The highest BCUT2D eigenvalue weighted by atomic mass is 35.5. The summed E-state index contributed by atoms with van der Waals surface area (Å²) in [5, 5.41) is 7.92. The van der Waals surface area contributed by atoms with Crippen LogP contribution in [0.5, 0.6) is 0 Å². The molecule has 2 aromatic carbocycles. The van der Waals surface area contributed by atoms with E-state index >= 15 is 0 Å². The summed E-state index contributed by atoms with van der Waals surface area (Å²) in [7, 11) is 0.